The third kappa shape index (κ3) is 6.44. The molecule has 4 heterocycles. The SMILES string of the molecule is [2H]C(CC)(CC)c1ccnc(-n2c3ccccc3c3ccc(Oc4cncc(-n5[c-][n+](-c6cc(C(C)(C)C)cc(C(C)(C)C)c6)c6ccccc65)c4)cc32)c1. The molecule has 272 valence electrons. The number of para-hydroxylation sites is 3. The summed E-state index contributed by atoms with van der Waals surface area (Å²) in [5.74, 6) is 1.42. The maximum atomic E-state index is 9.13. The Morgan fingerprint density at radius 2 is 1.41 bits per heavy atom. The highest BCUT2D eigenvalue weighted by Gasteiger charge is 2.23. The predicted octanol–water partition coefficient (Wildman–Crippen LogP) is 11.9. The summed E-state index contributed by atoms with van der Waals surface area (Å²) < 4.78 is 22.1. The molecule has 8 rings (SSSR count). The molecule has 0 radical (unpaired) electrons. The van der Waals surface area contributed by atoms with E-state index in [1.54, 1.807) is 6.20 Å². The maximum absolute atomic E-state index is 9.13. The lowest BCUT2D eigenvalue weighted by atomic mass is 9.80. The second kappa shape index (κ2) is 13.6. The number of aromatic nitrogens is 5. The third-order valence-corrected chi connectivity index (χ3v) is 10.5. The molecule has 0 amide bonds. The molecular formula is C48H49N5O. The van der Waals surface area contributed by atoms with Gasteiger partial charge in [-0.05, 0) is 94.8 Å². The average molecular weight is 713 g/mol. The van der Waals surface area contributed by atoms with Crippen LogP contribution < -0.4 is 9.30 Å². The van der Waals surface area contributed by atoms with Crippen LogP contribution in [-0.4, -0.2) is 19.1 Å². The highest BCUT2D eigenvalue weighted by atomic mass is 16.5. The molecule has 0 aliphatic rings. The summed E-state index contributed by atoms with van der Waals surface area (Å²) in [5.41, 5.74) is 9.54. The van der Waals surface area contributed by atoms with E-state index in [1.807, 2.05) is 30.6 Å². The van der Waals surface area contributed by atoms with Crippen molar-refractivity contribution in [2.24, 2.45) is 0 Å². The van der Waals surface area contributed by atoms with Crippen LogP contribution in [0.3, 0.4) is 0 Å². The van der Waals surface area contributed by atoms with Gasteiger partial charge in [0, 0.05) is 30.6 Å². The quantitative estimate of drug-likeness (QED) is 0.116. The number of hydrogen-bond donors (Lipinski definition) is 0. The average Bonchev–Trinajstić information content (AvgIpc) is 3.73. The zero-order valence-electron chi connectivity index (χ0n) is 33.6. The fourth-order valence-corrected chi connectivity index (χ4v) is 7.45. The van der Waals surface area contributed by atoms with Gasteiger partial charge in [-0.15, -0.1) is 0 Å². The number of imidazole rings is 1. The van der Waals surface area contributed by atoms with E-state index in [0.717, 1.165) is 68.4 Å². The fraction of sp³-hybridized carbons (Fsp3) is 0.271. The molecule has 0 bridgehead atoms. The normalized spacial score (nSPS) is 12.9. The van der Waals surface area contributed by atoms with Crippen LogP contribution in [0.4, 0.5) is 0 Å². The summed E-state index contributed by atoms with van der Waals surface area (Å²) >= 11 is 0. The van der Waals surface area contributed by atoms with E-state index in [4.69, 9.17) is 11.1 Å². The van der Waals surface area contributed by atoms with Crippen molar-refractivity contribution in [3.05, 3.63) is 145 Å². The molecule has 0 aliphatic carbocycles. The van der Waals surface area contributed by atoms with E-state index in [1.165, 1.54) is 11.1 Å². The molecule has 0 N–H and O–H groups in total. The van der Waals surface area contributed by atoms with Crippen LogP contribution in [0.15, 0.2) is 122 Å². The molecule has 6 heteroatoms. The van der Waals surface area contributed by atoms with E-state index in [9.17, 15) is 0 Å². The highest BCUT2D eigenvalue weighted by molar-refractivity contribution is 6.09. The van der Waals surface area contributed by atoms with Gasteiger partial charge >= 0.3 is 0 Å². The molecule has 0 unspecified atom stereocenters. The standard InChI is InChI=1S/C48H49N5O/c1-9-32(10-2)33-21-22-50-46(23-33)53-42-16-12-11-15-40(42)41-20-19-38(28-45(41)53)54-39-27-37(29-49-30-39)52-31-51(43-17-13-14-18-44(43)52)36-25-34(47(3,4)5)24-35(26-36)48(6,7)8/h11-30,32H,9-10H2,1-8H3/i32D. The second-order valence-corrected chi connectivity index (χ2v) is 16.3. The zero-order chi connectivity index (χ0) is 38.7. The topological polar surface area (TPSA) is 48.8 Å². The fourth-order valence-electron chi connectivity index (χ4n) is 7.45. The van der Waals surface area contributed by atoms with Crippen molar-refractivity contribution < 1.29 is 10.7 Å². The summed E-state index contributed by atoms with van der Waals surface area (Å²) in [7, 11) is 0. The van der Waals surface area contributed by atoms with Crippen molar-refractivity contribution in [1.29, 1.82) is 0 Å². The Bertz CT molecular complexity index is 2670. The third-order valence-electron chi connectivity index (χ3n) is 10.5. The first kappa shape index (κ1) is 34.0. The summed E-state index contributed by atoms with van der Waals surface area (Å²) in [6.45, 7) is 17.7. The van der Waals surface area contributed by atoms with Crippen molar-refractivity contribution in [3.63, 3.8) is 0 Å². The summed E-state index contributed by atoms with van der Waals surface area (Å²) in [6.07, 6.45) is 10.6. The minimum atomic E-state index is -0.670. The van der Waals surface area contributed by atoms with Crippen molar-refractivity contribution in [2.45, 2.75) is 85.0 Å². The number of hydrogen-bond acceptors (Lipinski definition) is 3. The first-order valence-electron chi connectivity index (χ1n) is 19.5. The van der Waals surface area contributed by atoms with Gasteiger partial charge in [0.2, 0.25) is 0 Å². The summed E-state index contributed by atoms with van der Waals surface area (Å²) in [6, 6.07) is 36.0. The lowest BCUT2D eigenvalue weighted by molar-refractivity contribution is -0.572. The molecule has 4 aromatic heterocycles. The molecule has 0 aliphatic heterocycles. The highest BCUT2D eigenvalue weighted by Crippen LogP contribution is 2.36. The molecule has 4 aromatic carbocycles. The van der Waals surface area contributed by atoms with Crippen molar-refractivity contribution in [1.82, 2.24) is 19.1 Å². The Morgan fingerprint density at radius 3 is 2.13 bits per heavy atom. The van der Waals surface area contributed by atoms with E-state index < -0.39 is 5.89 Å². The molecule has 0 fully saturated rings. The smallest absolute Gasteiger partial charge is 0.269 e. The second-order valence-electron chi connectivity index (χ2n) is 16.3. The minimum Gasteiger partial charge on any atom is -0.456 e. The largest absolute Gasteiger partial charge is 0.456 e. The van der Waals surface area contributed by atoms with E-state index >= 15 is 0 Å². The molecule has 54 heavy (non-hydrogen) atoms. The number of fused-ring (bicyclic) bond motifs is 4. The van der Waals surface area contributed by atoms with Crippen LogP contribution in [0.25, 0.3) is 50.0 Å². The molecule has 6 nitrogen and oxygen atoms in total. The van der Waals surface area contributed by atoms with Gasteiger partial charge in [-0.25, -0.2) is 4.98 Å². The van der Waals surface area contributed by atoms with Gasteiger partial charge in [-0.2, -0.15) is 0 Å². The number of benzene rings is 4. The van der Waals surface area contributed by atoms with E-state index in [-0.39, 0.29) is 10.8 Å². The van der Waals surface area contributed by atoms with Crippen LogP contribution >= 0.6 is 0 Å². The van der Waals surface area contributed by atoms with Gasteiger partial charge < -0.3 is 4.74 Å². The van der Waals surface area contributed by atoms with Gasteiger partial charge in [0.05, 0.1) is 39.6 Å². The van der Waals surface area contributed by atoms with Crippen LogP contribution in [0.5, 0.6) is 11.5 Å². The summed E-state index contributed by atoms with van der Waals surface area (Å²) in [5, 5.41) is 2.24. The van der Waals surface area contributed by atoms with Crippen LogP contribution in [0.2, 0.25) is 0 Å². The van der Waals surface area contributed by atoms with E-state index in [2.05, 4.69) is 165 Å². The van der Waals surface area contributed by atoms with Crippen LogP contribution in [0.1, 0.15) is 92.2 Å². The molecule has 0 spiro atoms. The predicted molar refractivity (Wildman–Crippen MR) is 221 cm³/mol. The first-order chi connectivity index (χ1) is 26.3. The molecule has 8 aromatic rings. The lowest BCUT2D eigenvalue weighted by Crippen LogP contribution is -2.31. The number of pyridine rings is 2. The Labute approximate surface area is 320 Å². The Kier molecular flexibility index (Phi) is 8.57. The Balaban J connectivity index is 1.20. The van der Waals surface area contributed by atoms with Gasteiger partial charge in [-0.3, -0.25) is 18.7 Å². The number of ether oxygens (including phenoxy) is 1. The minimum absolute atomic E-state index is 0.0135. The van der Waals surface area contributed by atoms with E-state index in [0.29, 0.717) is 11.5 Å². The molecular weight excluding hydrogens is 663 g/mol. The Hall–Kier alpha value is -5.75. The number of nitrogens with zero attached hydrogens (tertiary/aromatic N) is 5. The maximum Gasteiger partial charge on any atom is 0.269 e. The molecule has 0 saturated carbocycles. The lowest BCUT2D eigenvalue weighted by Gasteiger charge is -2.26. The summed E-state index contributed by atoms with van der Waals surface area (Å²) in [4.78, 5) is 9.47. The zero-order valence-corrected chi connectivity index (χ0v) is 32.6. The molecule has 0 saturated heterocycles. The van der Waals surface area contributed by atoms with Crippen LogP contribution in [-0.2, 0) is 10.8 Å². The number of rotatable bonds is 8. The van der Waals surface area contributed by atoms with Gasteiger partial charge in [0.25, 0.3) is 6.33 Å². The van der Waals surface area contributed by atoms with Crippen molar-refractivity contribution >= 4 is 32.8 Å². The van der Waals surface area contributed by atoms with Gasteiger partial charge in [0.1, 0.15) is 17.3 Å². The molecule has 0 atom stereocenters. The van der Waals surface area contributed by atoms with Gasteiger partial charge in [0.15, 0.2) is 0 Å². The monoisotopic (exact) mass is 712 g/mol. The van der Waals surface area contributed by atoms with Crippen molar-refractivity contribution in [2.75, 3.05) is 0 Å². The Morgan fingerprint density at radius 1 is 0.722 bits per heavy atom. The van der Waals surface area contributed by atoms with Gasteiger partial charge in [-0.1, -0.05) is 104 Å². The first-order valence-corrected chi connectivity index (χ1v) is 19.0. The van der Waals surface area contributed by atoms with Crippen molar-refractivity contribution in [3.8, 4) is 28.7 Å². The van der Waals surface area contributed by atoms with Crippen LogP contribution in [0, 0.1) is 6.33 Å².